The highest BCUT2D eigenvalue weighted by atomic mass is 16.6. The van der Waals surface area contributed by atoms with E-state index < -0.39 is 30.2 Å². The van der Waals surface area contributed by atoms with Gasteiger partial charge in [0.2, 0.25) is 0 Å². The van der Waals surface area contributed by atoms with Crippen LogP contribution in [-0.2, 0) is 19.1 Å². The maximum Gasteiger partial charge on any atom is 0.338 e. The number of rotatable bonds is 10. The van der Waals surface area contributed by atoms with Gasteiger partial charge in [-0.15, -0.1) is 0 Å². The van der Waals surface area contributed by atoms with Crippen LogP contribution in [0.1, 0.15) is 19.8 Å². The largest absolute Gasteiger partial charge is 0.478 e. The first-order chi connectivity index (χ1) is 11.4. The number of nitrogens with zero attached hydrogens (tertiary/aromatic N) is 1. The van der Waals surface area contributed by atoms with Gasteiger partial charge in [-0.25, -0.2) is 14.4 Å². The van der Waals surface area contributed by atoms with Gasteiger partial charge in [0.25, 0.3) is 6.23 Å². The van der Waals surface area contributed by atoms with Gasteiger partial charge in [-0.1, -0.05) is 18.7 Å². The number of carbonyl (C=O) groups excluding carboxylic acids is 1. The molecule has 0 saturated carbocycles. The maximum absolute atomic E-state index is 12.1. The molecule has 0 bridgehead atoms. The van der Waals surface area contributed by atoms with Crippen molar-refractivity contribution in [3.63, 3.8) is 0 Å². The van der Waals surface area contributed by atoms with Crippen molar-refractivity contribution in [1.29, 1.82) is 0 Å². The van der Waals surface area contributed by atoms with E-state index in [0.29, 0.717) is 0 Å². The zero-order valence-electron chi connectivity index (χ0n) is 14.9. The van der Waals surface area contributed by atoms with Gasteiger partial charge >= 0.3 is 17.9 Å². The van der Waals surface area contributed by atoms with Crippen LogP contribution in [0.5, 0.6) is 0 Å². The summed E-state index contributed by atoms with van der Waals surface area (Å²) in [5, 5.41) is 27.3. The average Bonchev–Trinajstić information content (AvgIpc) is 2.45. The first kappa shape index (κ1) is 22.6. The van der Waals surface area contributed by atoms with Crippen molar-refractivity contribution >= 4 is 17.9 Å². The molecule has 0 aromatic heterocycles. The van der Waals surface area contributed by atoms with Gasteiger partial charge in [-0.05, 0) is 19.8 Å². The van der Waals surface area contributed by atoms with Gasteiger partial charge in [0, 0.05) is 17.2 Å². The molecule has 0 radical (unpaired) electrons. The molecule has 0 aliphatic rings. The lowest BCUT2D eigenvalue weighted by Crippen LogP contribution is -2.53. The molecule has 0 amide bonds. The van der Waals surface area contributed by atoms with Gasteiger partial charge in [0.1, 0.15) is 6.10 Å². The molecule has 0 rings (SSSR count). The van der Waals surface area contributed by atoms with Crippen LogP contribution >= 0.6 is 0 Å². The van der Waals surface area contributed by atoms with E-state index in [2.05, 4.69) is 6.58 Å². The molecule has 8 heteroatoms. The Morgan fingerprint density at radius 3 is 2.12 bits per heavy atom. The molecule has 25 heavy (non-hydrogen) atoms. The third kappa shape index (κ3) is 8.83. The van der Waals surface area contributed by atoms with Gasteiger partial charge in [-0.2, -0.15) is 0 Å². The lowest BCUT2D eigenvalue weighted by Gasteiger charge is -2.34. The zero-order valence-corrected chi connectivity index (χ0v) is 14.9. The van der Waals surface area contributed by atoms with Crippen molar-refractivity contribution in [3.05, 3.63) is 36.0 Å². The first-order valence-corrected chi connectivity index (χ1v) is 7.56. The monoisotopic (exact) mass is 356 g/mol. The minimum atomic E-state index is -1.22. The third-order valence-corrected chi connectivity index (χ3v) is 3.16. The Morgan fingerprint density at radius 2 is 1.72 bits per heavy atom. The molecule has 2 atom stereocenters. The van der Waals surface area contributed by atoms with Crippen LogP contribution in [-0.4, -0.2) is 71.2 Å². The van der Waals surface area contributed by atoms with Crippen molar-refractivity contribution in [2.45, 2.75) is 32.1 Å². The van der Waals surface area contributed by atoms with E-state index in [1.807, 2.05) is 0 Å². The normalized spacial score (nSPS) is 14.8. The second-order valence-corrected chi connectivity index (χ2v) is 6.44. The maximum atomic E-state index is 12.1. The molecule has 0 aromatic rings. The second kappa shape index (κ2) is 9.75. The number of ether oxygens (including phenoxy) is 1. The number of esters is 1. The van der Waals surface area contributed by atoms with Gasteiger partial charge in [0.05, 0.1) is 21.1 Å². The lowest BCUT2D eigenvalue weighted by atomic mass is 10.1. The fourth-order valence-electron chi connectivity index (χ4n) is 1.97. The van der Waals surface area contributed by atoms with E-state index in [1.165, 1.54) is 19.1 Å². The smallest absolute Gasteiger partial charge is 0.338 e. The fourth-order valence-corrected chi connectivity index (χ4v) is 1.97. The summed E-state index contributed by atoms with van der Waals surface area (Å²) in [6, 6.07) is 0. The zero-order chi connectivity index (χ0) is 19.8. The number of likely N-dealkylation sites (N-methyl/N-ethyl adjacent to an activating group) is 1. The van der Waals surface area contributed by atoms with Gasteiger partial charge in [-0.3, -0.25) is 4.48 Å². The molecule has 0 aromatic carbocycles. The molecule has 0 saturated heterocycles. The molecule has 0 aliphatic carbocycles. The summed E-state index contributed by atoms with van der Waals surface area (Å²) in [5.41, 5.74) is -0.0369. The van der Waals surface area contributed by atoms with E-state index >= 15 is 0 Å². The summed E-state index contributed by atoms with van der Waals surface area (Å²) in [6.45, 7) is 5.08. The molecule has 0 aliphatic heterocycles. The third-order valence-electron chi connectivity index (χ3n) is 3.16. The van der Waals surface area contributed by atoms with Crippen molar-refractivity contribution in [1.82, 2.24) is 0 Å². The van der Waals surface area contributed by atoms with Gasteiger partial charge in [0.15, 0.2) is 0 Å². The van der Waals surface area contributed by atoms with Crippen LogP contribution in [0.15, 0.2) is 36.0 Å². The molecule has 0 heterocycles. The Morgan fingerprint density at radius 1 is 1.16 bits per heavy atom. The van der Waals surface area contributed by atoms with Crippen molar-refractivity contribution in [2.75, 3.05) is 21.1 Å². The molecule has 0 spiro atoms. The standard InChI is InChI=1S/C17H25NO7/c1-11(17(24)25-15(12(2)19)18(3,4)5)9-10-13(16(22)23)7-6-8-14(20)21/h6,8,10,12,15,19H,1,7,9H2,2-5H3,(H-,20,21,22,23)/p+1. The van der Waals surface area contributed by atoms with E-state index in [0.717, 1.165) is 6.08 Å². The molecule has 2 unspecified atom stereocenters. The number of aliphatic hydroxyl groups is 1. The quantitative estimate of drug-likeness (QED) is 0.230. The van der Waals surface area contributed by atoms with E-state index in [-0.39, 0.29) is 28.5 Å². The van der Waals surface area contributed by atoms with Crippen LogP contribution in [0, 0.1) is 0 Å². The topological polar surface area (TPSA) is 121 Å². The minimum Gasteiger partial charge on any atom is -0.478 e. The predicted octanol–water partition coefficient (Wildman–Crippen LogP) is 0.931. The van der Waals surface area contributed by atoms with E-state index in [9.17, 15) is 19.5 Å². The highest BCUT2D eigenvalue weighted by Crippen LogP contribution is 2.15. The van der Waals surface area contributed by atoms with Crippen LogP contribution in [0.25, 0.3) is 0 Å². The van der Waals surface area contributed by atoms with E-state index in [1.54, 1.807) is 21.1 Å². The molecule has 3 N–H and O–H groups in total. The number of carboxylic acids is 2. The van der Waals surface area contributed by atoms with Crippen LogP contribution in [0.2, 0.25) is 0 Å². The van der Waals surface area contributed by atoms with Crippen molar-refractivity contribution in [3.8, 4) is 0 Å². The summed E-state index contributed by atoms with van der Waals surface area (Å²) >= 11 is 0. The summed E-state index contributed by atoms with van der Waals surface area (Å²) in [6.07, 6.45) is 1.46. The van der Waals surface area contributed by atoms with Crippen LogP contribution in [0.3, 0.4) is 0 Å². The van der Waals surface area contributed by atoms with Crippen LogP contribution < -0.4 is 0 Å². The van der Waals surface area contributed by atoms with Crippen molar-refractivity contribution in [2.24, 2.45) is 0 Å². The fraction of sp³-hybridized carbons (Fsp3) is 0.471. The lowest BCUT2D eigenvalue weighted by molar-refractivity contribution is -0.920. The number of hydrogen-bond donors (Lipinski definition) is 3. The Hall–Kier alpha value is -2.45. The number of quaternary nitrogens is 1. The molecular formula is C17H26NO7+. The number of allylic oxidation sites excluding steroid dienone is 2. The van der Waals surface area contributed by atoms with Crippen LogP contribution in [0.4, 0.5) is 0 Å². The van der Waals surface area contributed by atoms with E-state index in [4.69, 9.17) is 14.9 Å². The number of aliphatic hydroxyl groups excluding tert-OH is 1. The first-order valence-electron chi connectivity index (χ1n) is 7.56. The Labute approximate surface area is 146 Å². The molecule has 0 fully saturated rings. The highest BCUT2D eigenvalue weighted by Gasteiger charge is 2.33. The SMILES string of the molecule is C=C(CC=C(CC=CC(=O)O)C(=O)O)C(=O)OC(C(C)O)[N+](C)(C)C. The second-order valence-electron chi connectivity index (χ2n) is 6.44. The summed E-state index contributed by atoms with van der Waals surface area (Å²) in [7, 11) is 5.26. The Balaban J connectivity index is 4.96. The summed E-state index contributed by atoms with van der Waals surface area (Å²) < 4.78 is 5.45. The Bertz CT molecular complexity index is 582. The number of carbonyl (C=O) groups is 3. The predicted molar refractivity (Wildman–Crippen MR) is 90.5 cm³/mol. The molecule has 140 valence electrons. The number of hydrogen-bond acceptors (Lipinski definition) is 5. The number of aliphatic carboxylic acids is 2. The average molecular weight is 356 g/mol. The van der Waals surface area contributed by atoms with Gasteiger partial charge < -0.3 is 20.1 Å². The molecular weight excluding hydrogens is 330 g/mol. The highest BCUT2D eigenvalue weighted by molar-refractivity contribution is 5.90. The Kier molecular flexibility index (Phi) is 8.80. The summed E-state index contributed by atoms with van der Waals surface area (Å²) in [4.78, 5) is 33.6. The minimum absolute atomic E-state index is 0.0278. The van der Waals surface area contributed by atoms with Crippen molar-refractivity contribution < 1.29 is 38.9 Å². The number of carboxylic acid groups (broad SMARTS) is 2. The summed E-state index contributed by atoms with van der Waals surface area (Å²) in [5.74, 6) is -3.13. The molecule has 8 nitrogen and oxygen atoms in total.